The molecule has 2 aromatic heterocycles. The zero-order valence-corrected chi connectivity index (χ0v) is 17.3. The maximum Gasteiger partial charge on any atom is 0.236 e. The Morgan fingerprint density at radius 1 is 1.15 bits per heavy atom. The summed E-state index contributed by atoms with van der Waals surface area (Å²) in [4.78, 5) is 16.4. The number of pyridine rings is 1. The second-order valence-electron chi connectivity index (χ2n) is 5.95. The van der Waals surface area contributed by atoms with Crippen molar-refractivity contribution in [2.45, 2.75) is 19.0 Å². The first kappa shape index (κ1) is 19.7. The van der Waals surface area contributed by atoms with Gasteiger partial charge in [0.05, 0.1) is 21.5 Å². The number of rotatable bonds is 5. The molecule has 9 heteroatoms. The van der Waals surface area contributed by atoms with E-state index in [0.717, 1.165) is 11.4 Å². The predicted octanol–water partition coefficient (Wildman–Crippen LogP) is 4.53. The number of benzene rings is 1. The molecule has 0 aliphatic rings. The van der Waals surface area contributed by atoms with Crippen LogP contribution in [-0.4, -0.2) is 31.4 Å². The minimum atomic E-state index is -0.240. The SMILES string of the molecule is Cc1ccc(-c2nnc(SCC(=O)Nc3nc(C)c(Cl)cc3Cl)n2C)cc1. The smallest absolute Gasteiger partial charge is 0.236 e. The molecule has 3 aromatic rings. The van der Waals surface area contributed by atoms with Gasteiger partial charge in [-0.2, -0.15) is 0 Å². The fourth-order valence-electron chi connectivity index (χ4n) is 2.34. The lowest BCUT2D eigenvalue weighted by atomic mass is 10.1. The number of amides is 1. The molecular weight excluding hydrogens is 405 g/mol. The molecule has 0 unspecified atom stereocenters. The molecule has 0 aliphatic carbocycles. The summed E-state index contributed by atoms with van der Waals surface area (Å²) in [6.07, 6.45) is 0. The van der Waals surface area contributed by atoms with Crippen LogP contribution in [0.1, 0.15) is 11.3 Å². The second-order valence-corrected chi connectivity index (χ2v) is 7.71. The number of hydrogen-bond donors (Lipinski definition) is 1. The summed E-state index contributed by atoms with van der Waals surface area (Å²) in [5.41, 5.74) is 2.75. The monoisotopic (exact) mass is 421 g/mol. The van der Waals surface area contributed by atoms with E-state index in [1.165, 1.54) is 17.3 Å². The number of nitrogens with one attached hydrogen (secondary N) is 1. The van der Waals surface area contributed by atoms with Crippen LogP contribution in [-0.2, 0) is 11.8 Å². The fraction of sp³-hybridized carbons (Fsp3) is 0.222. The van der Waals surface area contributed by atoms with E-state index in [1.807, 2.05) is 42.8 Å². The van der Waals surface area contributed by atoms with Gasteiger partial charge in [-0.15, -0.1) is 10.2 Å². The largest absolute Gasteiger partial charge is 0.309 e. The molecule has 0 saturated carbocycles. The highest BCUT2D eigenvalue weighted by Crippen LogP contribution is 2.26. The summed E-state index contributed by atoms with van der Waals surface area (Å²) < 4.78 is 1.86. The van der Waals surface area contributed by atoms with Crippen LogP contribution in [0.5, 0.6) is 0 Å². The maximum atomic E-state index is 12.2. The van der Waals surface area contributed by atoms with Gasteiger partial charge in [-0.25, -0.2) is 4.98 Å². The summed E-state index contributed by atoms with van der Waals surface area (Å²) in [6.45, 7) is 3.78. The Labute approximate surface area is 171 Å². The van der Waals surface area contributed by atoms with Crippen molar-refractivity contribution >= 4 is 46.7 Å². The van der Waals surface area contributed by atoms with E-state index < -0.39 is 0 Å². The molecule has 6 nitrogen and oxygen atoms in total. The van der Waals surface area contributed by atoms with Crippen molar-refractivity contribution in [3.8, 4) is 11.4 Å². The number of aryl methyl sites for hydroxylation is 2. The number of carbonyl (C=O) groups is 1. The third kappa shape index (κ3) is 4.61. The van der Waals surface area contributed by atoms with Gasteiger partial charge in [0.2, 0.25) is 5.91 Å². The third-order valence-electron chi connectivity index (χ3n) is 3.84. The summed E-state index contributed by atoms with van der Waals surface area (Å²) >= 11 is 13.3. The van der Waals surface area contributed by atoms with Gasteiger partial charge in [0, 0.05) is 12.6 Å². The first-order chi connectivity index (χ1) is 12.8. The van der Waals surface area contributed by atoms with Crippen molar-refractivity contribution in [3.05, 3.63) is 51.6 Å². The van der Waals surface area contributed by atoms with Crippen molar-refractivity contribution in [3.63, 3.8) is 0 Å². The van der Waals surface area contributed by atoms with Crippen molar-refractivity contribution in [1.29, 1.82) is 0 Å². The Morgan fingerprint density at radius 2 is 1.85 bits per heavy atom. The Hall–Kier alpha value is -2.09. The van der Waals surface area contributed by atoms with Crippen LogP contribution in [0.3, 0.4) is 0 Å². The second kappa shape index (κ2) is 8.29. The Kier molecular flexibility index (Phi) is 6.04. The number of hydrogen-bond acceptors (Lipinski definition) is 5. The quantitative estimate of drug-likeness (QED) is 0.612. The molecule has 3 rings (SSSR count). The molecule has 27 heavy (non-hydrogen) atoms. The van der Waals surface area contributed by atoms with Gasteiger partial charge < -0.3 is 9.88 Å². The number of aromatic nitrogens is 4. The molecular formula is C18H17Cl2N5OS. The number of carbonyl (C=O) groups excluding carboxylic acids is 1. The van der Waals surface area contributed by atoms with Crippen molar-refractivity contribution < 1.29 is 4.79 Å². The Bertz CT molecular complexity index is 988. The van der Waals surface area contributed by atoms with Crippen LogP contribution >= 0.6 is 35.0 Å². The van der Waals surface area contributed by atoms with Crippen LogP contribution in [0.4, 0.5) is 5.82 Å². The lowest BCUT2D eigenvalue weighted by molar-refractivity contribution is -0.113. The molecule has 1 N–H and O–H groups in total. The van der Waals surface area contributed by atoms with Gasteiger partial charge in [0.15, 0.2) is 16.8 Å². The van der Waals surface area contributed by atoms with E-state index in [4.69, 9.17) is 23.2 Å². The van der Waals surface area contributed by atoms with Crippen molar-refractivity contribution in [2.75, 3.05) is 11.1 Å². The van der Waals surface area contributed by atoms with Crippen LogP contribution < -0.4 is 5.32 Å². The lowest BCUT2D eigenvalue weighted by Gasteiger charge is -2.08. The lowest BCUT2D eigenvalue weighted by Crippen LogP contribution is -2.16. The number of halogens is 2. The number of anilines is 1. The fourth-order valence-corrected chi connectivity index (χ4v) is 3.46. The van der Waals surface area contributed by atoms with Crippen LogP contribution in [0.25, 0.3) is 11.4 Å². The molecule has 0 fully saturated rings. The van der Waals surface area contributed by atoms with Crippen LogP contribution in [0.15, 0.2) is 35.5 Å². The highest BCUT2D eigenvalue weighted by atomic mass is 35.5. The maximum absolute atomic E-state index is 12.2. The molecule has 1 aromatic carbocycles. The summed E-state index contributed by atoms with van der Waals surface area (Å²) in [7, 11) is 1.87. The van der Waals surface area contributed by atoms with E-state index in [9.17, 15) is 4.79 Å². The molecule has 2 heterocycles. The van der Waals surface area contributed by atoms with Gasteiger partial charge in [-0.1, -0.05) is 64.8 Å². The number of nitrogens with zero attached hydrogens (tertiary/aromatic N) is 4. The van der Waals surface area contributed by atoms with Crippen LogP contribution in [0.2, 0.25) is 10.0 Å². The molecule has 0 atom stereocenters. The molecule has 0 bridgehead atoms. The normalized spacial score (nSPS) is 10.9. The molecule has 1 amide bonds. The predicted molar refractivity (Wildman–Crippen MR) is 110 cm³/mol. The molecule has 0 saturated heterocycles. The molecule has 0 spiro atoms. The van der Waals surface area contributed by atoms with E-state index in [2.05, 4.69) is 20.5 Å². The molecule has 0 radical (unpaired) electrons. The zero-order valence-electron chi connectivity index (χ0n) is 15.0. The van der Waals surface area contributed by atoms with Crippen molar-refractivity contribution in [2.24, 2.45) is 7.05 Å². The highest BCUT2D eigenvalue weighted by Gasteiger charge is 2.14. The highest BCUT2D eigenvalue weighted by molar-refractivity contribution is 7.99. The zero-order chi connectivity index (χ0) is 19.6. The third-order valence-corrected chi connectivity index (χ3v) is 5.53. The minimum Gasteiger partial charge on any atom is -0.309 e. The van der Waals surface area contributed by atoms with Gasteiger partial charge in [-0.3, -0.25) is 4.79 Å². The van der Waals surface area contributed by atoms with E-state index in [1.54, 1.807) is 13.0 Å². The van der Waals surface area contributed by atoms with Crippen molar-refractivity contribution in [1.82, 2.24) is 19.7 Å². The summed E-state index contributed by atoms with van der Waals surface area (Å²) in [5.74, 6) is 0.953. The topological polar surface area (TPSA) is 72.7 Å². The summed E-state index contributed by atoms with van der Waals surface area (Å²) in [6, 6.07) is 9.60. The molecule has 0 aliphatic heterocycles. The van der Waals surface area contributed by atoms with Gasteiger partial charge in [0.1, 0.15) is 0 Å². The number of thioether (sulfide) groups is 1. The van der Waals surface area contributed by atoms with E-state index >= 15 is 0 Å². The van der Waals surface area contributed by atoms with Gasteiger partial charge >= 0.3 is 0 Å². The average molecular weight is 422 g/mol. The van der Waals surface area contributed by atoms with E-state index in [-0.39, 0.29) is 11.7 Å². The standard InChI is InChI=1S/C18H17Cl2N5OS/c1-10-4-6-12(7-5-10)17-23-24-18(25(17)3)27-9-15(26)22-16-14(20)8-13(19)11(2)21-16/h4-8H,9H2,1-3H3,(H,21,22,26). The van der Waals surface area contributed by atoms with Crippen LogP contribution in [0, 0.1) is 13.8 Å². The van der Waals surface area contributed by atoms with Gasteiger partial charge in [0.25, 0.3) is 0 Å². The Balaban J connectivity index is 1.66. The first-order valence-corrected chi connectivity index (χ1v) is 9.81. The van der Waals surface area contributed by atoms with E-state index in [0.29, 0.717) is 26.7 Å². The average Bonchev–Trinajstić information content (AvgIpc) is 2.99. The first-order valence-electron chi connectivity index (χ1n) is 8.07. The Morgan fingerprint density at radius 3 is 2.56 bits per heavy atom. The molecule has 140 valence electrons. The summed E-state index contributed by atoms with van der Waals surface area (Å²) in [5, 5.41) is 12.5. The van der Waals surface area contributed by atoms with Gasteiger partial charge in [-0.05, 0) is 19.9 Å². The minimum absolute atomic E-state index is 0.152.